The highest BCUT2D eigenvalue weighted by atomic mass is 35.5. The Morgan fingerprint density at radius 3 is 2.34 bits per heavy atom. The number of benzene rings is 2. The zero-order valence-electron chi connectivity index (χ0n) is 18.4. The predicted octanol–water partition coefficient (Wildman–Crippen LogP) is 4.90. The van der Waals surface area contributed by atoms with Gasteiger partial charge in [0.1, 0.15) is 0 Å². The number of fused-ring (bicyclic) bond motifs is 1. The Hall–Kier alpha value is -1.99. The van der Waals surface area contributed by atoms with Crippen molar-refractivity contribution in [1.29, 1.82) is 0 Å². The Labute approximate surface area is 204 Å². The lowest BCUT2D eigenvalue weighted by Crippen LogP contribution is -2.43. The summed E-state index contributed by atoms with van der Waals surface area (Å²) in [7, 11) is -3.36. The number of hydrogen-bond acceptors (Lipinski definition) is 4. The second kappa shape index (κ2) is 13.5. The first-order valence-electron chi connectivity index (χ1n) is 10.5. The Bertz CT molecular complexity index is 1060. The van der Waals surface area contributed by atoms with Crippen molar-refractivity contribution in [2.24, 2.45) is 0 Å². The lowest BCUT2D eigenvalue weighted by Gasteiger charge is -2.29. The molecule has 2 heterocycles. The fraction of sp³-hybridized carbons (Fsp3) is 0.333. The topological polar surface area (TPSA) is 54.3 Å². The number of aromatic nitrogens is 1. The minimum atomic E-state index is -3.36. The highest BCUT2D eigenvalue weighted by molar-refractivity contribution is 7.90. The van der Waals surface area contributed by atoms with Crippen LogP contribution in [0.15, 0.2) is 73.4 Å². The molecule has 32 heavy (non-hydrogen) atoms. The summed E-state index contributed by atoms with van der Waals surface area (Å²) in [5.74, 6) is -0.0592. The van der Waals surface area contributed by atoms with Crippen LogP contribution in [0.3, 0.4) is 0 Å². The molecule has 1 aliphatic rings. The van der Waals surface area contributed by atoms with Crippen molar-refractivity contribution >= 4 is 51.4 Å². The van der Waals surface area contributed by atoms with E-state index in [0.29, 0.717) is 0 Å². The number of anilines is 1. The Kier molecular flexibility index (Phi) is 11.9. The molecular weight excluding hydrogens is 465 g/mol. The largest absolute Gasteiger partial charge is 0.369 e. The van der Waals surface area contributed by atoms with Crippen molar-refractivity contribution in [3.05, 3.63) is 79.0 Å². The fourth-order valence-electron chi connectivity index (χ4n) is 3.63. The Morgan fingerprint density at radius 2 is 1.72 bits per heavy atom. The third-order valence-electron chi connectivity index (χ3n) is 5.13. The van der Waals surface area contributed by atoms with Gasteiger partial charge in [0.15, 0.2) is 0 Å². The molecule has 0 amide bonds. The maximum Gasteiger partial charge on any atom is 0.242 e. The molecule has 3 aromatic rings. The second-order valence-electron chi connectivity index (χ2n) is 7.39. The molecule has 0 atom stereocenters. The fourth-order valence-corrected chi connectivity index (χ4v) is 4.80. The van der Waals surface area contributed by atoms with Crippen LogP contribution in [-0.4, -0.2) is 44.3 Å². The number of nitrogens with one attached hydrogen (secondary N) is 1. The van der Waals surface area contributed by atoms with Crippen LogP contribution in [-0.2, 0) is 16.4 Å². The molecule has 5 nitrogen and oxygen atoms in total. The van der Waals surface area contributed by atoms with Crippen LogP contribution >= 0.6 is 24.8 Å². The Morgan fingerprint density at radius 1 is 1.03 bits per heavy atom. The van der Waals surface area contributed by atoms with Crippen molar-refractivity contribution in [1.82, 2.24) is 9.29 Å². The molecule has 0 saturated carbocycles. The van der Waals surface area contributed by atoms with Crippen LogP contribution in [0.4, 0.5) is 5.69 Å². The molecular formula is C24H33Cl2N3O2S. The van der Waals surface area contributed by atoms with Gasteiger partial charge in [-0.2, -0.15) is 0 Å². The van der Waals surface area contributed by atoms with Gasteiger partial charge in [0.25, 0.3) is 0 Å². The number of nitrogens with zero attached hydrogens (tertiary/aromatic N) is 2. The highest BCUT2D eigenvalue weighted by Gasteiger charge is 2.16. The average molecular weight is 499 g/mol. The molecule has 8 heteroatoms. The standard InChI is InChI=1S/C15H19N3O2S.C9H12.2ClH/c1-2-11-21(19,20)18-8-5-13-12-14(3-4-15(13)18)17-9-6-16-7-10-17;1-2-6-9-7-4-3-5-8-9;;/h2-5,8,12,16H,1,6-7,9-11H2;3-5,7-8H,2,6H2,1H3;2*1H. The predicted molar refractivity (Wildman–Crippen MR) is 141 cm³/mol. The van der Waals surface area contributed by atoms with Crippen molar-refractivity contribution in [3.8, 4) is 0 Å². The molecule has 1 fully saturated rings. The molecule has 0 bridgehead atoms. The van der Waals surface area contributed by atoms with Crippen molar-refractivity contribution in [2.75, 3.05) is 36.8 Å². The quantitative estimate of drug-likeness (QED) is 0.492. The maximum absolute atomic E-state index is 12.2. The van der Waals surface area contributed by atoms with Gasteiger partial charge in [-0.3, -0.25) is 0 Å². The van der Waals surface area contributed by atoms with E-state index in [1.807, 2.05) is 18.2 Å². The van der Waals surface area contributed by atoms with Crippen LogP contribution in [0, 0.1) is 0 Å². The molecule has 1 saturated heterocycles. The van der Waals surface area contributed by atoms with Crippen molar-refractivity contribution in [3.63, 3.8) is 0 Å². The van der Waals surface area contributed by atoms with Gasteiger partial charge in [-0.25, -0.2) is 12.4 Å². The van der Waals surface area contributed by atoms with Gasteiger partial charge in [0.2, 0.25) is 10.0 Å². The molecule has 0 unspecified atom stereocenters. The molecule has 1 aliphatic heterocycles. The smallest absolute Gasteiger partial charge is 0.242 e. The molecule has 176 valence electrons. The summed E-state index contributed by atoms with van der Waals surface area (Å²) in [5, 5.41) is 4.27. The summed E-state index contributed by atoms with van der Waals surface area (Å²) < 4.78 is 25.7. The van der Waals surface area contributed by atoms with Gasteiger partial charge in [-0.1, -0.05) is 49.8 Å². The van der Waals surface area contributed by atoms with E-state index < -0.39 is 10.0 Å². The minimum absolute atomic E-state index is 0. The third kappa shape index (κ3) is 7.27. The van der Waals surface area contributed by atoms with E-state index in [1.54, 1.807) is 6.20 Å². The molecule has 0 aliphatic carbocycles. The SMILES string of the molecule is C=CCS(=O)(=O)n1ccc2cc(N3CCNCC3)ccc21.CCCc1ccccc1.Cl.Cl. The number of hydrogen-bond donors (Lipinski definition) is 1. The molecule has 0 radical (unpaired) electrons. The summed E-state index contributed by atoms with van der Waals surface area (Å²) in [6.07, 6.45) is 5.48. The van der Waals surface area contributed by atoms with Crippen LogP contribution in [0.2, 0.25) is 0 Å². The Balaban J connectivity index is 0.000000397. The van der Waals surface area contributed by atoms with Gasteiger partial charge in [-0.05, 0) is 36.2 Å². The van der Waals surface area contributed by atoms with E-state index in [9.17, 15) is 8.42 Å². The first-order valence-corrected chi connectivity index (χ1v) is 12.1. The van der Waals surface area contributed by atoms with E-state index in [0.717, 1.165) is 42.8 Å². The summed E-state index contributed by atoms with van der Waals surface area (Å²) in [5.41, 5.74) is 3.30. The van der Waals surface area contributed by atoms with Gasteiger partial charge in [-0.15, -0.1) is 31.4 Å². The number of piperazine rings is 1. The molecule has 1 aromatic heterocycles. The monoisotopic (exact) mass is 497 g/mol. The molecule has 1 N–H and O–H groups in total. The van der Waals surface area contributed by atoms with Crippen molar-refractivity contribution < 1.29 is 8.42 Å². The van der Waals surface area contributed by atoms with E-state index in [-0.39, 0.29) is 30.6 Å². The van der Waals surface area contributed by atoms with Crippen LogP contribution in [0.25, 0.3) is 10.9 Å². The van der Waals surface area contributed by atoms with Crippen LogP contribution < -0.4 is 10.2 Å². The number of rotatable bonds is 6. The average Bonchev–Trinajstić information content (AvgIpc) is 3.20. The van der Waals surface area contributed by atoms with Crippen molar-refractivity contribution in [2.45, 2.75) is 19.8 Å². The lowest BCUT2D eigenvalue weighted by molar-refractivity contribution is 0.589. The van der Waals surface area contributed by atoms with Gasteiger partial charge >= 0.3 is 0 Å². The molecule has 4 rings (SSSR count). The number of aryl methyl sites for hydroxylation is 1. The van der Waals surface area contributed by atoms with Gasteiger partial charge in [0.05, 0.1) is 11.3 Å². The highest BCUT2D eigenvalue weighted by Crippen LogP contribution is 2.24. The number of halogens is 2. The van der Waals surface area contributed by atoms with Crippen LogP contribution in [0.1, 0.15) is 18.9 Å². The summed E-state index contributed by atoms with van der Waals surface area (Å²) in [6.45, 7) is 9.61. The molecule has 0 spiro atoms. The minimum Gasteiger partial charge on any atom is -0.369 e. The van der Waals surface area contributed by atoms with E-state index in [1.165, 1.54) is 28.5 Å². The maximum atomic E-state index is 12.2. The first-order chi connectivity index (χ1) is 14.5. The second-order valence-corrected chi connectivity index (χ2v) is 9.29. The first kappa shape index (κ1) is 28.0. The third-order valence-corrected chi connectivity index (χ3v) is 6.70. The normalized spacial score (nSPS) is 13.3. The summed E-state index contributed by atoms with van der Waals surface area (Å²) >= 11 is 0. The molecule has 2 aromatic carbocycles. The van der Waals surface area contributed by atoms with Crippen LogP contribution in [0.5, 0.6) is 0 Å². The van der Waals surface area contributed by atoms with Gasteiger partial charge < -0.3 is 10.2 Å². The summed E-state index contributed by atoms with van der Waals surface area (Å²) in [4.78, 5) is 2.31. The summed E-state index contributed by atoms with van der Waals surface area (Å²) in [6, 6.07) is 18.4. The lowest BCUT2D eigenvalue weighted by atomic mass is 10.1. The van der Waals surface area contributed by atoms with E-state index >= 15 is 0 Å². The van der Waals surface area contributed by atoms with E-state index in [2.05, 4.69) is 60.1 Å². The van der Waals surface area contributed by atoms with Gasteiger partial charge in [0, 0.05) is 43.4 Å². The zero-order chi connectivity index (χ0) is 21.4. The zero-order valence-corrected chi connectivity index (χ0v) is 20.9. The van der Waals surface area contributed by atoms with E-state index in [4.69, 9.17) is 0 Å².